The minimum Gasteiger partial charge on any atom is -0.396 e. The maximum Gasteiger partial charge on any atom is 0.263 e. The molecular weight excluding hydrogens is 284 g/mol. The van der Waals surface area contributed by atoms with Gasteiger partial charge in [-0.25, -0.2) is 0 Å². The maximum atomic E-state index is 12.4. The molecular formula is C16H20N2O2S. The molecule has 2 aromatic rings. The number of thiophene rings is 1. The Morgan fingerprint density at radius 3 is 2.86 bits per heavy atom. The first kappa shape index (κ1) is 14.4. The lowest BCUT2D eigenvalue weighted by Gasteiger charge is -2.17. The molecule has 0 aromatic carbocycles. The highest BCUT2D eigenvalue weighted by Crippen LogP contribution is 2.31. The summed E-state index contributed by atoms with van der Waals surface area (Å²) in [4.78, 5) is 13.1. The number of amides is 1. The van der Waals surface area contributed by atoms with Gasteiger partial charge in [-0.3, -0.25) is 4.79 Å². The van der Waals surface area contributed by atoms with E-state index >= 15 is 0 Å². The summed E-state index contributed by atoms with van der Waals surface area (Å²) in [5.41, 5.74) is 0.924. The summed E-state index contributed by atoms with van der Waals surface area (Å²) >= 11 is 1.46. The smallest absolute Gasteiger partial charge is 0.263 e. The van der Waals surface area contributed by atoms with Crippen LogP contribution in [0, 0.1) is 11.8 Å². The zero-order valence-electron chi connectivity index (χ0n) is 11.9. The predicted molar refractivity (Wildman–Crippen MR) is 83.9 cm³/mol. The van der Waals surface area contributed by atoms with E-state index in [2.05, 4.69) is 5.32 Å². The van der Waals surface area contributed by atoms with Crippen molar-refractivity contribution in [2.75, 3.05) is 13.2 Å². The molecule has 2 N–H and O–H groups in total. The van der Waals surface area contributed by atoms with Crippen LogP contribution in [0.15, 0.2) is 36.0 Å². The van der Waals surface area contributed by atoms with E-state index in [4.69, 9.17) is 0 Å². The zero-order chi connectivity index (χ0) is 14.7. The summed E-state index contributed by atoms with van der Waals surface area (Å²) < 4.78 is 1.96. The molecule has 2 heterocycles. The number of rotatable bonds is 5. The maximum absolute atomic E-state index is 12.4. The fraction of sp³-hybridized carbons (Fsp3) is 0.438. The second-order valence-electron chi connectivity index (χ2n) is 5.57. The molecule has 2 unspecified atom stereocenters. The monoisotopic (exact) mass is 304 g/mol. The quantitative estimate of drug-likeness (QED) is 0.892. The van der Waals surface area contributed by atoms with Crippen molar-refractivity contribution in [3.63, 3.8) is 0 Å². The van der Waals surface area contributed by atoms with Gasteiger partial charge in [0.1, 0.15) is 4.88 Å². The first-order valence-corrected chi connectivity index (χ1v) is 8.27. The Morgan fingerprint density at radius 1 is 1.33 bits per heavy atom. The lowest BCUT2D eigenvalue weighted by atomic mass is 9.97. The van der Waals surface area contributed by atoms with Crippen LogP contribution in [0.25, 0.3) is 5.69 Å². The number of hydrogen-bond donors (Lipinski definition) is 2. The summed E-state index contributed by atoms with van der Waals surface area (Å²) in [5.74, 6) is 0.740. The van der Waals surface area contributed by atoms with Gasteiger partial charge in [0.15, 0.2) is 0 Å². The van der Waals surface area contributed by atoms with Gasteiger partial charge in [0.2, 0.25) is 0 Å². The van der Waals surface area contributed by atoms with Crippen LogP contribution in [0.3, 0.4) is 0 Å². The highest BCUT2D eigenvalue weighted by molar-refractivity contribution is 7.12. The van der Waals surface area contributed by atoms with Gasteiger partial charge in [0.05, 0.1) is 5.69 Å². The molecule has 5 heteroatoms. The molecule has 1 saturated carbocycles. The van der Waals surface area contributed by atoms with Crippen LogP contribution < -0.4 is 5.32 Å². The number of aliphatic hydroxyl groups excluding tert-OH is 1. The average Bonchev–Trinajstić information content (AvgIpc) is 3.23. The van der Waals surface area contributed by atoms with E-state index in [1.165, 1.54) is 11.3 Å². The highest BCUT2D eigenvalue weighted by Gasteiger charge is 2.27. The van der Waals surface area contributed by atoms with Crippen molar-refractivity contribution in [1.29, 1.82) is 0 Å². The molecule has 4 nitrogen and oxygen atoms in total. The zero-order valence-corrected chi connectivity index (χ0v) is 12.7. The minimum absolute atomic E-state index is 0.0164. The van der Waals surface area contributed by atoms with Crippen LogP contribution in [0.1, 0.15) is 28.9 Å². The lowest BCUT2D eigenvalue weighted by molar-refractivity contribution is 0.0942. The Balaban J connectivity index is 1.65. The number of nitrogens with zero attached hydrogens (tertiary/aromatic N) is 1. The van der Waals surface area contributed by atoms with Gasteiger partial charge < -0.3 is 15.0 Å². The molecule has 0 aliphatic heterocycles. The Labute approximate surface area is 128 Å². The molecule has 112 valence electrons. The molecule has 0 saturated heterocycles. The number of nitrogens with one attached hydrogen (secondary N) is 1. The Hall–Kier alpha value is -1.59. The molecule has 1 amide bonds. The van der Waals surface area contributed by atoms with Crippen molar-refractivity contribution >= 4 is 17.2 Å². The first-order valence-electron chi connectivity index (χ1n) is 7.39. The fourth-order valence-electron chi connectivity index (χ4n) is 3.10. The summed E-state index contributed by atoms with van der Waals surface area (Å²) in [7, 11) is 0. The standard InChI is InChI=1S/C16H20N2O2S/c19-11-13-5-3-4-12(13)10-17-16(20)15-14(6-9-21-15)18-7-1-2-8-18/h1-2,6-9,12-13,19H,3-5,10-11H2,(H,17,20). The van der Waals surface area contributed by atoms with Gasteiger partial charge >= 0.3 is 0 Å². The normalized spacial score (nSPS) is 21.6. The van der Waals surface area contributed by atoms with Crippen LogP contribution in [0.5, 0.6) is 0 Å². The van der Waals surface area contributed by atoms with Gasteiger partial charge in [-0.1, -0.05) is 6.42 Å². The van der Waals surface area contributed by atoms with Crippen molar-refractivity contribution in [2.24, 2.45) is 11.8 Å². The third kappa shape index (κ3) is 3.04. The molecule has 3 rings (SSSR count). The molecule has 1 fully saturated rings. The second-order valence-corrected chi connectivity index (χ2v) is 6.49. The number of aliphatic hydroxyl groups is 1. The van der Waals surface area contributed by atoms with Crippen molar-refractivity contribution in [2.45, 2.75) is 19.3 Å². The molecule has 2 aromatic heterocycles. The first-order chi connectivity index (χ1) is 10.3. The topological polar surface area (TPSA) is 54.3 Å². The van der Waals surface area contributed by atoms with Gasteiger partial charge in [-0.05, 0) is 48.3 Å². The van der Waals surface area contributed by atoms with Gasteiger partial charge in [0.25, 0.3) is 5.91 Å². The molecule has 1 aliphatic rings. The van der Waals surface area contributed by atoms with Gasteiger partial charge in [0, 0.05) is 25.5 Å². The van der Waals surface area contributed by atoms with Crippen LogP contribution in [-0.4, -0.2) is 28.7 Å². The minimum atomic E-state index is -0.0164. The summed E-state index contributed by atoms with van der Waals surface area (Å²) in [6, 6.07) is 5.86. The number of hydrogen-bond acceptors (Lipinski definition) is 3. The summed E-state index contributed by atoms with van der Waals surface area (Å²) in [5, 5.41) is 14.3. The van der Waals surface area contributed by atoms with Crippen LogP contribution in [-0.2, 0) is 0 Å². The van der Waals surface area contributed by atoms with Crippen LogP contribution in [0.4, 0.5) is 0 Å². The third-order valence-corrected chi connectivity index (χ3v) is 5.21. The predicted octanol–water partition coefficient (Wildman–Crippen LogP) is 2.68. The van der Waals surface area contributed by atoms with E-state index in [9.17, 15) is 9.90 Å². The van der Waals surface area contributed by atoms with E-state index < -0.39 is 0 Å². The SMILES string of the molecule is O=C(NCC1CCCC1CO)c1sccc1-n1cccc1. The number of carbonyl (C=O) groups excluding carboxylic acids is 1. The average molecular weight is 304 g/mol. The van der Waals surface area contributed by atoms with Crippen molar-refractivity contribution in [1.82, 2.24) is 9.88 Å². The molecule has 0 radical (unpaired) electrons. The lowest BCUT2D eigenvalue weighted by Crippen LogP contribution is -2.31. The third-order valence-electron chi connectivity index (χ3n) is 4.31. The number of aromatic nitrogens is 1. The largest absolute Gasteiger partial charge is 0.396 e. The molecule has 21 heavy (non-hydrogen) atoms. The molecule has 2 atom stereocenters. The van der Waals surface area contributed by atoms with E-state index in [1.54, 1.807) is 0 Å². The van der Waals surface area contributed by atoms with E-state index in [0.29, 0.717) is 18.4 Å². The Bertz CT molecular complexity index is 591. The molecule has 0 bridgehead atoms. The van der Waals surface area contributed by atoms with Gasteiger partial charge in [-0.2, -0.15) is 0 Å². The van der Waals surface area contributed by atoms with E-state index in [0.717, 1.165) is 29.8 Å². The summed E-state index contributed by atoms with van der Waals surface area (Å²) in [6.45, 7) is 0.890. The van der Waals surface area contributed by atoms with Crippen LogP contribution in [0.2, 0.25) is 0 Å². The van der Waals surface area contributed by atoms with Gasteiger partial charge in [-0.15, -0.1) is 11.3 Å². The Kier molecular flexibility index (Phi) is 4.41. The second kappa shape index (κ2) is 6.45. The summed E-state index contributed by atoms with van der Waals surface area (Å²) in [6.07, 6.45) is 7.21. The Morgan fingerprint density at radius 2 is 2.10 bits per heavy atom. The fourth-order valence-corrected chi connectivity index (χ4v) is 3.90. The molecule has 1 aliphatic carbocycles. The number of carbonyl (C=O) groups is 1. The van der Waals surface area contributed by atoms with Crippen molar-refractivity contribution in [3.05, 3.63) is 40.8 Å². The van der Waals surface area contributed by atoms with Crippen molar-refractivity contribution in [3.8, 4) is 5.69 Å². The van der Waals surface area contributed by atoms with Crippen molar-refractivity contribution < 1.29 is 9.90 Å². The highest BCUT2D eigenvalue weighted by atomic mass is 32.1. The van der Waals surface area contributed by atoms with Crippen LogP contribution >= 0.6 is 11.3 Å². The van der Waals surface area contributed by atoms with E-state index in [-0.39, 0.29) is 12.5 Å². The van der Waals surface area contributed by atoms with E-state index in [1.807, 2.05) is 40.5 Å². The molecule has 0 spiro atoms.